The molecule has 0 heterocycles. The van der Waals surface area contributed by atoms with Gasteiger partial charge < -0.3 is 5.32 Å². The number of ketones is 1. The number of rotatable bonds is 4. The first-order valence-corrected chi connectivity index (χ1v) is 4.44. The van der Waals surface area contributed by atoms with E-state index in [9.17, 15) is 9.59 Å². The van der Waals surface area contributed by atoms with Gasteiger partial charge in [-0.2, -0.15) is 0 Å². The van der Waals surface area contributed by atoms with Crippen LogP contribution in [0.15, 0.2) is 0 Å². The highest BCUT2D eigenvalue weighted by Crippen LogP contribution is 2.28. The van der Waals surface area contributed by atoms with Gasteiger partial charge in [-0.1, -0.05) is 6.42 Å². The Morgan fingerprint density at radius 2 is 2.08 bits per heavy atom. The molecule has 1 saturated carbocycles. The van der Waals surface area contributed by atoms with Crippen molar-refractivity contribution in [2.75, 3.05) is 6.54 Å². The molecule has 0 aliphatic heterocycles. The van der Waals surface area contributed by atoms with Crippen LogP contribution in [0.5, 0.6) is 0 Å². The lowest BCUT2D eigenvalue weighted by Gasteiger charge is -2.24. The number of hydrogen-bond donors (Lipinski definition) is 1. The minimum atomic E-state index is 0.0111. The molecular formula is C9H15NO2. The Labute approximate surface area is 72.5 Å². The van der Waals surface area contributed by atoms with E-state index in [-0.39, 0.29) is 18.2 Å². The predicted octanol–water partition coefficient (Wildman–Crippen LogP) is 0.882. The SMILES string of the molecule is CC(=O)CNC(=O)CC1CCC1. The van der Waals surface area contributed by atoms with Crippen LogP contribution in [-0.2, 0) is 9.59 Å². The van der Waals surface area contributed by atoms with Crippen molar-refractivity contribution < 1.29 is 9.59 Å². The molecule has 1 rings (SSSR count). The Morgan fingerprint density at radius 1 is 1.42 bits per heavy atom. The monoisotopic (exact) mass is 169 g/mol. The van der Waals surface area contributed by atoms with Crippen molar-refractivity contribution in [3.8, 4) is 0 Å². The third-order valence-corrected chi connectivity index (χ3v) is 2.23. The van der Waals surface area contributed by atoms with Crippen LogP contribution in [0.2, 0.25) is 0 Å². The van der Waals surface area contributed by atoms with Crippen molar-refractivity contribution in [2.24, 2.45) is 5.92 Å². The highest BCUT2D eigenvalue weighted by molar-refractivity contribution is 5.84. The van der Waals surface area contributed by atoms with Crippen molar-refractivity contribution in [2.45, 2.75) is 32.6 Å². The predicted molar refractivity (Wildman–Crippen MR) is 45.6 cm³/mol. The Balaban J connectivity index is 2.06. The first kappa shape index (κ1) is 9.23. The summed E-state index contributed by atoms with van der Waals surface area (Å²) in [6.07, 6.45) is 4.21. The zero-order chi connectivity index (χ0) is 8.97. The molecule has 3 heteroatoms. The van der Waals surface area contributed by atoms with E-state index < -0.39 is 0 Å². The van der Waals surface area contributed by atoms with Gasteiger partial charge in [-0.15, -0.1) is 0 Å². The van der Waals surface area contributed by atoms with Crippen LogP contribution in [0, 0.1) is 5.92 Å². The number of carbonyl (C=O) groups excluding carboxylic acids is 2. The largest absolute Gasteiger partial charge is 0.349 e. The lowest BCUT2D eigenvalue weighted by atomic mass is 9.83. The molecule has 0 aromatic carbocycles. The van der Waals surface area contributed by atoms with Crippen molar-refractivity contribution in [3.63, 3.8) is 0 Å². The van der Waals surface area contributed by atoms with E-state index in [2.05, 4.69) is 5.32 Å². The second kappa shape index (κ2) is 4.24. The summed E-state index contributed by atoms with van der Waals surface area (Å²) in [5.41, 5.74) is 0. The van der Waals surface area contributed by atoms with Gasteiger partial charge in [0.2, 0.25) is 5.91 Å². The second-order valence-electron chi connectivity index (χ2n) is 3.48. The molecule has 0 aromatic heterocycles. The Hall–Kier alpha value is -0.860. The third kappa shape index (κ3) is 3.03. The Kier molecular flexibility index (Phi) is 3.26. The van der Waals surface area contributed by atoms with Crippen molar-refractivity contribution in [1.29, 1.82) is 0 Å². The zero-order valence-electron chi connectivity index (χ0n) is 7.43. The standard InChI is InChI=1S/C9H15NO2/c1-7(11)6-10-9(12)5-8-3-2-4-8/h8H,2-6H2,1H3,(H,10,12). The molecule has 12 heavy (non-hydrogen) atoms. The molecule has 0 atom stereocenters. The van der Waals surface area contributed by atoms with Gasteiger partial charge in [-0.05, 0) is 25.7 Å². The highest BCUT2D eigenvalue weighted by atomic mass is 16.2. The van der Waals surface area contributed by atoms with Gasteiger partial charge in [0.05, 0.1) is 6.54 Å². The molecule has 3 nitrogen and oxygen atoms in total. The second-order valence-corrected chi connectivity index (χ2v) is 3.48. The van der Waals surface area contributed by atoms with Crippen LogP contribution in [0.3, 0.4) is 0 Å². The molecule has 1 fully saturated rings. The number of carbonyl (C=O) groups is 2. The van der Waals surface area contributed by atoms with Crippen molar-refractivity contribution in [1.82, 2.24) is 5.32 Å². The van der Waals surface area contributed by atoms with E-state index in [1.807, 2.05) is 0 Å². The molecule has 1 amide bonds. The summed E-state index contributed by atoms with van der Waals surface area (Å²) in [4.78, 5) is 21.6. The summed E-state index contributed by atoms with van der Waals surface area (Å²) < 4.78 is 0. The lowest BCUT2D eigenvalue weighted by Crippen LogP contribution is -2.31. The van der Waals surface area contributed by atoms with Crippen LogP contribution in [-0.4, -0.2) is 18.2 Å². The molecule has 0 radical (unpaired) electrons. The molecule has 0 spiro atoms. The van der Waals surface area contributed by atoms with Gasteiger partial charge in [0.15, 0.2) is 0 Å². The molecular weight excluding hydrogens is 154 g/mol. The number of nitrogens with one attached hydrogen (secondary N) is 1. The molecule has 0 saturated heterocycles. The summed E-state index contributed by atoms with van der Waals surface area (Å²) in [5.74, 6) is 0.615. The summed E-state index contributed by atoms with van der Waals surface area (Å²) in [7, 11) is 0. The maximum Gasteiger partial charge on any atom is 0.220 e. The van der Waals surface area contributed by atoms with E-state index >= 15 is 0 Å². The minimum absolute atomic E-state index is 0.0111. The van der Waals surface area contributed by atoms with E-state index in [4.69, 9.17) is 0 Å². The van der Waals surface area contributed by atoms with Gasteiger partial charge >= 0.3 is 0 Å². The molecule has 1 aliphatic carbocycles. The first-order valence-electron chi connectivity index (χ1n) is 4.44. The summed E-state index contributed by atoms with van der Waals surface area (Å²) in [6.45, 7) is 1.66. The van der Waals surface area contributed by atoms with E-state index in [1.54, 1.807) is 0 Å². The van der Waals surface area contributed by atoms with Crippen molar-refractivity contribution in [3.05, 3.63) is 0 Å². The van der Waals surface area contributed by atoms with Crippen LogP contribution >= 0.6 is 0 Å². The van der Waals surface area contributed by atoms with E-state index in [1.165, 1.54) is 26.2 Å². The third-order valence-electron chi connectivity index (χ3n) is 2.23. The summed E-state index contributed by atoms with van der Waals surface area (Å²) in [6, 6.07) is 0. The molecule has 0 bridgehead atoms. The Bertz CT molecular complexity index is 185. The van der Waals surface area contributed by atoms with E-state index in [0.717, 1.165) is 0 Å². The fourth-order valence-corrected chi connectivity index (χ4v) is 1.25. The van der Waals surface area contributed by atoms with Crippen molar-refractivity contribution >= 4 is 11.7 Å². The zero-order valence-corrected chi connectivity index (χ0v) is 7.43. The quantitative estimate of drug-likeness (QED) is 0.679. The first-order chi connectivity index (χ1) is 5.68. The smallest absolute Gasteiger partial charge is 0.220 e. The molecule has 0 aromatic rings. The van der Waals surface area contributed by atoms with Gasteiger partial charge in [0.1, 0.15) is 5.78 Å². The fourth-order valence-electron chi connectivity index (χ4n) is 1.25. The Morgan fingerprint density at radius 3 is 2.50 bits per heavy atom. The average Bonchev–Trinajstić information content (AvgIpc) is 1.93. The lowest BCUT2D eigenvalue weighted by molar-refractivity contribution is -0.125. The fraction of sp³-hybridized carbons (Fsp3) is 0.778. The van der Waals surface area contributed by atoms with Gasteiger partial charge in [0, 0.05) is 6.42 Å². The normalized spacial score (nSPS) is 16.8. The van der Waals surface area contributed by atoms with Gasteiger partial charge in [-0.3, -0.25) is 9.59 Å². The summed E-state index contributed by atoms with van der Waals surface area (Å²) in [5, 5.41) is 2.59. The summed E-state index contributed by atoms with van der Waals surface area (Å²) >= 11 is 0. The van der Waals surface area contributed by atoms with Crippen LogP contribution in [0.25, 0.3) is 0 Å². The van der Waals surface area contributed by atoms with Crippen LogP contribution in [0.1, 0.15) is 32.6 Å². The number of amides is 1. The van der Waals surface area contributed by atoms with Crippen LogP contribution < -0.4 is 5.32 Å². The average molecular weight is 169 g/mol. The molecule has 68 valence electrons. The number of Topliss-reactive ketones (excluding diaryl/α,β-unsaturated/α-hetero) is 1. The molecule has 1 N–H and O–H groups in total. The maximum atomic E-state index is 11.1. The van der Waals surface area contributed by atoms with Gasteiger partial charge in [0.25, 0.3) is 0 Å². The van der Waals surface area contributed by atoms with Crippen LogP contribution in [0.4, 0.5) is 0 Å². The van der Waals surface area contributed by atoms with E-state index in [0.29, 0.717) is 12.3 Å². The maximum absolute atomic E-state index is 11.1. The topological polar surface area (TPSA) is 46.2 Å². The molecule has 1 aliphatic rings. The minimum Gasteiger partial charge on any atom is -0.349 e. The molecule has 0 unspecified atom stereocenters. The highest BCUT2D eigenvalue weighted by Gasteiger charge is 2.20. The number of hydrogen-bond acceptors (Lipinski definition) is 2. The van der Waals surface area contributed by atoms with Gasteiger partial charge in [-0.25, -0.2) is 0 Å².